The first-order valence-corrected chi connectivity index (χ1v) is 11.4. The van der Waals surface area contributed by atoms with Crippen LogP contribution in [0.25, 0.3) is 0 Å². The third-order valence-electron chi connectivity index (χ3n) is 5.04. The van der Waals surface area contributed by atoms with Gasteiger partial charge in [0.05, 0.1) is 30.1 Å². The maximum atomic E-state index is 5.90. The molecule has 11 heteroatoms. The lowest BCUT2D eigenvalue weighted by atomic mass is 10.1. The molecule has 2 aromatic heterocycles. The third-order valence-corrected chi connectivity index (χ3v) is 6.16. The Balaban J connectivity index is 1.76. The van der Waals surface area contributed by atoms with E-state index in [9.17, 15) is 0 Å². The zero-order chi connectivity index (χ0) is 21.5. The molecule has 30 heavy (non-hydrogen) atoms. The zero-order valence-corrected chi connectivity index (χ0v) is 19.3. The number of hydrogen-bond acceptors (Lipinski definition) is 9. The summed E-state index contributed by atoms with van der Waals surface area (Å²) in [6.07, 6.45) is 4.55. The Hall–Kier alpha value is -1.46. The van der Waals surface area contributed by atoms with Gasteiger partial charge in [-0.25, -0.2) is 9.97 Å². The lowest BCUT2D eigenvalue weighted by Crippen LogP contribution is -2.26. The molecule has 0 spiro atoms. The van der Waals surface area contributed by atoms with Crippen LogP contribution in [0.15, 0.2) is 12.4 Å². The summed E-state index contributed by atoms with van der Waals surface area (Å²) in [5, 5.41) is 9.33. The van der Waals surface area contributed by atoms with Gasteiger partial charge in [0.15, 0.2) is 11.6 Å². The van der Waals surface area contributed by atoms with Crippen LogP contribution < -0.4 is 4.72 Å². The van der Waals surface area contributed by atoms with Crippen molar-refractivity contribution in [3.05, 3.63) is 29.1 Å². The molecule has 3 unspecified atom stereocenters. The molecule has 0 radical (unpaired) electrons. The normalized spacial score (nSPS) is 19.1. The molecule has 0 amide bonds. The van der Waals surface area contributed by atoms with E-state index in [0.29, 0.717) is 36.6 Å². The van der Waals surface area contributed by atoms with Crippen molar-refractivity contribution in [1.82, 2.24) is 24.7 Å². The van der Waals surface area contributed by atoms with Crippen molar-refractivity contribution >= 4 is 29.5 Å². The van der Waals surface area contributed by atoms with E-state index in [4.69, 9.17) is 25.8 Å². The van der Waals surface area contributed by atoms with Gasteiger partial charge in [0.1, 0.15) is 12.2 Å². The summed E-state index contributed by atoms with van der Waals surface area (Å²) in [6, 6.07) is 0.261. The topological polar surface area (TPSA) is 96.2 Å². The second-order valence-electron chi connectivity index (χ2n) is 7.00. The lowest BCUT2D eigenvalue weighted by Gasteiger charge is -2.26. The quantitative estimate of drug-likeness (QED) is 0.532. The average Bonchev–Trinajstić information content (AvgIpc) is 3.19. The molecule has 3 rings (SSSR count). The maximum absolute atomic E-state index is 5.90. The highest BCUT2D eigenvalue weighted by Gasteiger charge is 2.29. The van der Waals surface area contributed by atoms with Crippen molar-refractivity contribution in [2.45, 2.75) is 57.1 Å². The minimum absolute atomic E-state index is 0.000687. The summed E-state index contributed by atoms with van der Waals surface area (Å²) < 4.78 is 22.6. The van der Waals surface area contributed by atoms with Crippen LogP contribution in [0.2, 0.25) is 5.02 Å². The van der Waals surface area contributed by atoms with Gasteiger partial charge in [-0.3, -0.25) is 9.29 Å². The Morgan fingerprint density at radius 2 is 2.00 bits per heavy atom. The molecule has 0 aliphatic carbocycles. The van der Waals surface area contributed by atoms with Gasteiger partial charge in [-0.1, -0.05) is 25.4 Å². The summed E-state index contributed by atoms with van der Waals surface area (Å²) in [6.45, 7) is 8.02. The van der Waals surface area contributed by atoms with Gasteiger partial charge in [-0.05, 0) is 31.7 Å². The van der Waals surface area contributed by atoms with E-state index >= 15 is 0 Å². The molecule has 1 fully saturated rings. The van der Waals surface area contributed by atoms with Crippen LogP contribution >= 0.6 is 23.5 Å². The van der Waals surface area contributed by atoms with E-state index in [2.05, 4.69) is 43.3 Å². The van der Waals surface area contributed by atoms with Gasteiger partial charge in [-0.15, -0.1) is 10.2 Å². The Labute approximate surface area is 186 Å². The molecule has 3 heterocycles. The Bertz CT molecular complexity index is 783. The van der Waals surface area contributed by atoms with Crippen molar-refractivity contribution in [1.29, 1.82) is 0 Å². The van der Waals surface area contributed by atoms with Gasteiger partial charge < -0.3 is 14.2 Å². The molecule has 166 valence electrons. The molecule has 3 atom stereocenters. The smallest absolute Gasteiger partial charge is 0.234 e. The lowest BCUT2D eigenvalue weighted by molar-refractivity contribution is -0.0951. The Kier molecular flexibility index (Phi) is 8.70. The molecule has 1 saturated heterocycles. The summed E-state index contributed by atoms with van der Waals surface area (Å²) in [5.74, 6) is 2.07. The summed E-state index contributed by atoms with van der Waals surface area (Å²) in [5.41, 5.74) is 0. The van der Waals surface area contributed by atoms with Crippen LogP contribution in [0.3, 0.4) is 0 Å². The molecule has 2 aromatic rings. The van der Waals surface area contributed by atoms with Crippen molar-refractivity contribution in [2.24, 2.45) is 0 Å². The number of aromatic nitrogens is 5. The highest BCUT2D eigenvalue weighted by atomic mass is 35.5. The van der Waals surface area contributed by atoms with Crippen molar-refractivity contribution < 1.29 is 14.2 Å². The minimum atomic E-state index is -0.307. The monoisotopic (exact) mass is 456 g/mol. The van der Waals surface area contributed by atoms with E-state index in [1.54, 1.807) is 19.5 Å². The van der Waals surface area contributed by atoms with Crippen LogP contribution in [0.4, 0.5) is 5.95 Å². The molecule has 9 nitrogen and oxygen atoms in total. The van der Waals surface area contributed by atoms with E-state index in [1.807, 2.05) is 6.92 Å². The number of nitrogens with zero attached hydrogens (tertiary/aromatic N) is 5. The second kappa shape index (κ2) is 11.2. The first-order valence-electron chi connectivity index (χ1n) is 10.1. The second-order valence-corrected chi connectivity index (χ2v) is 8.62. The molecule has 1 N–H and O–H groups in total. The van der Waals surface area contributed by atoms with Crippen LogP contribution in [0.5, 0.6) is 0 Å². The van der Waals surface area contributed by atoms with Crippen molar-refractivity contribution in [2.75, 3.05) is 31.7 Å². The minimum Gasteiger partial charge on any atom is -0.376 e. The summed E-state index contributed by atoms with van der Waals surface area (Å²) in [7, 11) is 1.64. The van der Waals surface area contributed by atoms with Crippen LogP contribution in [0.1, 0.15) is 63.5 Å². The fourth-order valence-electron chi connectivity index (χ4n) is 3.43. The Morgan fingerprint density at radius 1 is 1.27 bits per heavy atom. The van der Waals surface area contributed by atoms with Gasteiger partial charge in [-0.2, -0.15) is 0 Å². The first-order chi connectivity index (χ1) is 14.6. The van der Waals surface area contributed by atoms with Gasteiger partial charge in [0.25, 0.3) is 0 Å². The summed E-state index contributed by atoms with van der Waals surface area (Å²) in [4.78, 5) is 8.58. The molecule has 1 aliphatic heterocycles. The van der Waals surface area contributed by atoms with E-state index < -0.39 is 0 Å². The molecule has 0 bridgehead atoms. The first kappa shape index (κ1) is 23.2. The standard InChI is InChI=1S/C19H29ClN6O3S/c1-5-14(6-2)26-18(15-11-28-7-8-29-15)23-24-19(26)25-30-12(3)16(27-4)17-21-9-13(20)10-22-17/h9-10,12,14-16H,5-8,11H2,1-4H3,(H,24,25). The van der Waals surface area contributed by atoms with E-state index in [0.717, 1.165) is 18.7 Å². The van der Waals surface area contributed by atoms with Gasteiger partial charge in [0, 0.05) is 25.5 Å². The SMILES string of the molecule is CCC(CC)n1c(NSC(C)C(OC)c2ncc(Cl)cn2)nnc1C1COCCO1. The van der Waals surface area contributed by atoms with Crippen molar-refractivity contribution in [3.8, 4) is 0 Å². The number of hydrogen-bond donors (Lipinski definition) is 1. The zero-order valence-electron chi connectivity index (χ0n) is 17.7. The molecule has 0 aromatic carbocycles. The highest BCUT2D eigenvalue weighted by molar-refractivity contribution is 8.01. The molecule has 1 aliphatic rings. The number of anilines is 1. The maximum Gasteiger partial charge on any atom is 0.234 e. The van der Waals surface area contributed by atoms with E-state index in [-0.39, 0.29) is 23.5 Å². The number of rotatable bonds is 10. The van der Waals surface area contributed by atoms with Gasteiger partial charge >= 0.3 is 0 Å². The predicted octanol–water partition coefficient (Wildman–Crippen LogP) is 4.01. The number of halogens is 1. The average molecular weight is 457 g/mol. The van der Waals surface area contributed by atoms with Crippen molar-refractivity contribution in [3.63, 3.8) is 0 Å². The Morgan fingerprint density at radius 3 is 2.60 bits per heavy atom. The number of methoxy groups -OCH3 is 1. The molecular weight excluding hydrogens is 428 g/mol. The fourth-order valence-corrected chi connectivity index (χ4v) is 4.31. The molecular formula is C19H29ClN6O3S. The molecule has 0 saturated carbocycles. The largest absolute Gasteiger partial charge is 0.376 e. The van der Waals surface area contributed by atoms with Gasteiger partial charge in [0.2, 0.25) is 5.95 Å². The van der Waals surface area contributed by atoms with Crippen LogP contribution in [-0.2, 0) is 14.2 Å². The number of ether oxygens (including phenoxy) is 3. The highest BCUT2D eigenvalue weighted by Crippen LogP contribution is 2.32. The van der Waals surface area contributed by atoms with Crippen LogP contribution in [-0.4, -0.2) is 56.9 Å². The predicted molar refractivity (Wildman–Crippen MR) is 117 cm³/mol. The van der Waals surface area contributed by atoms with E-state index in [1.165, 1.54) is 11.9 Å². The third kappa shape index (κ3) is 5.42. The fraction of sp³-hybridized carbons (Fsp3) is 0.684. The van der Waals surface area contributed by atoms with Crippen LogP contribution in [0, 0.1) is 0 Å². The number of nitrogens with one attached hydrogen (secondary N) is 1. The summed E-state index contributed by atoms with van der Waals surface area (Å²) >= 11 is 7.39.